The van der Waals surface area contributed by atoms with Gasteiger partial charge in [-0.25, -0.2) is 9.78 Å². The highest BCUT2D eigenvalue weighted by molar-refractivity contribution is 5.68. The standard InChI is InChI=1S/C16H25N3O3/c1-5-21-14-7-6-12(10-17-14)18-13-8-9-19(11-13)15(20)22-16(2,3)4/h6-7,10,13,18H,5,8-9,11H2,1-4H3. The van der Waals surface area contributed by atoms with Gasteiger partial charge in [0.2, 0.25) is 5.88 Å². The smallest absolute Gasteiger partial charge is 0.410 e. The minimum Gasteiger partial charge on any atom is -0.478 e. The third kappa shape index (κ3) is 4.79. The van der Waals surface area contributed by atoms with Crippen LogP contribution >= 0.6 is 0 Å². The van der Waals surface area contributed by atoms with Gasteiger partial charge in [-0.2, -0.15) is 0 Å². The number of pyridine rings is 1. The summed E-state index contributed by atoms with van der Waals surface area (Å²) in [6.07, 6.45) is 2.40. The Morgan fingerprint density at radius 2 is 2.23 bits per heavy atom. The van der Waals surface area contributed by atoms with E-state index < -0.39 is 5.60 Å². The Balaban J connectivity index is 1.84. The molecule has 22 heavy (non-hydrogen) atoms. The molecular formula is C16H25N3O3. The topological polar surface area (TPSA) is 63.7 Å². The van der Waals surface area contributed by atoms with Gasteiger partial charge in [-0.3, -0.25) is 0 Å². The van der Waals surface area contributed by atoms with Crippen molar-refractivity contribution in [3.8, 4) is 5.88 Å². The van der Waals surface area contributed by atoms with E-state index in [0.29, 0.717) is 25.6 Å². The van der Waals surface area contributed by atoms with Gasteiger partial charge in [-0.1, -0.05) is 0 Å². The second kappa shape index (κ2) is 6.85. The maximum Gasteiger partial charge on any atom is 0.410 e. The van der Waals surface area contributed by atoms with Crippen molar-refractivity contribution in [2.24, 2.45) is 0 Å². The molecule has 0 aliphatic carbocycles. The van der Waals surface area contributed by atoms with Crippen LogP contribution < -0.4 is 10.1 Å². The summed E-state index contributed by atoms with van der Waals surface area (Å²) in [5, 5.41) is 3.39. The summed E-state index contributed by atoms with van der Waals surface area (Å²) >= 11 is 0. The first kappa shape index (κ1) is 16.4. The SMILES string of the molecule is CCOc1ccc(NC2CCN(C(=O)OC(C)(C)C)C2)cn1. The van der Waals surface area contributed by atoms with Crippen LogP contribution in [0.1, 0.15) is 34.1 Å². The molecule has 1 aromatic heterocycles. The average molecular weight is 307 g/mol. The van der Waals surface area contributed by atoms with Crippen LogP contribution in [0, 0.1) is 0 Å². The highest BCUT2D eigenvalue weighted by Gasteiger charge is 2.29. The zero-order valence-electron chi connectivity index (χ0n) is 13.8. The monoisotopic (exact) mass is 307 g/mol. The van der Waals surface area contributed by atoms with Gasteiger partial charge in [0.15, 0.2) is 0 Å². The Kier molecular flexibility index (Phi) is 5.11. The highest BCUT2D eigenvalue weighted by Crippen LogP contribution is 2.19. The number of carbonyl (C=O) groups excluding carboxylic acids is 1. The fourth-order valence-corrected chi connectivity index (χ4v) is 2.31. The normalized spacial score (nSPS) is 18.2. The lowest BCUT2D eigenvalue weighted by Gasteiger charge is -2.24. The Bertz CT molecular complexity index is 496. The van der Waals surface area contributed by atoms with Gasteiger partial charge in [-0.05, 0) is 40.2 Å². The fourth-order valence-electron chi connectivity index (χ4n) is 2.31. The van der Waals surface area contributed by atoms with E-state index in [9.17, 15) is 4.79 Å². The molecular weight excluding hydrogens is 282 g/mol. The van der Waals surface area contributed by atoms with E-state index in [-0.39, 0.29) is 12.1 Å². The summed E-state index contributed by atoms with van der Waals surface area (Å²) in [5.74, 6) is 0.620. The lowest BCUT2D eigenvalue weighted by molar-refractivity contribution is 0.0293. The van der Waals surface area contributed by atoms with E-state index in [4.69, 9.17) is 9.47 Å². The first-order valence-electron chi connectivity index (χ1n) is 7.70. The molecule has 1 aromatic rings. The summed E-state index contributed by atoms with van der Waals surface area (Å²) in [5.41, 5.74) is 0.473. The van der Waals surface area contributed by atoms with Crippen molar-refractivity contribution in [3.05, 3.63) is 18.3 Å². The third-order valence-corrected chi connectivity index (χ3v) is 3.24. The molecule has 1 saturated heterocycles. The van der Waals surface area contributed by atoms with Crippen LogP contribution in [0.25, 0.3) is 0 Å². The molecule has 2 heterocycles. The van der Waals surface area contributed by atoms with E-state index in [0.717, 1.165) is 12.1 Å². The maximum atomic E-state index is 12.0. The van der Waals surface area contributed by atoms with Crippen molar-refractivity contribution in [1.82, 2.24) is 9.88 Å². The van der Waals surface area contributed by atoms with Gasteiger partial charge >= 0.3 is 6.09 Å². The van der Waals surface area contributed by atoms with Crippen LogP contribution in [-0.2, 0) is 4.74 Å². The average Bonchev–Trinajstić information content (AvgIpc) is 2.88. The third-order valence-electron chi connectivity index (χ3n) is 3.24. The predicted molar refractivity (Wildman–Crippen MR) is 85.2 cm³/mol. The zero-order valence-corrected chi connectivity index (χ0v) is 13.8. The second-order valence-electron chi connectivity index (χ2n) is 6.37. The van der Waals surface area contributed by atoms with Crippen LogP contribution in [0.2, 0.25) is 0 Å². The molecule has 1 amide bonds. The van der Waals surface area contributed by atoms with Gasteiger partial charge in [0.25, 0.3) is 0 Å². The molecule has 6 heteroatoms. The summed E-state index contributed by atoms with van der Waals surface area (Å²) in [4.78, 5) is 18.0. The first-order chi connectivity index (χ1) is 10.4. The molecule has 1 fully saturated rings. The lowest BCUT2D eigenvalue weighted by Crippen LogP contribution is -2.36. The number of hydrogen-bond acceptors (Lipinski definition) is 5. The number of likely N-dealkylation sites (tertiary alicyclic amines) is 1. The predicted octanol–water partition coefficient (Wildman–Crippen LogP) is 2.90. The van der Waals surface area contributed by atoms with Gasteiger partial charge in [-0.15, -0.1) is 0 Å². The van der Waals surface area contributed by atoms with Crippen LogP contribution in [0.5, 0.6) is 5.88 Å². The lowest BCUT2D eigenvalue weighted by atomic mass is 10.2. The van der Waals surface area contributed by atoms with Crippen molar-refractivity contribution in [3.63, 3.8) is 0 Å². The van der Waals surface area contributed by atoms with Crippen molar-refractivity contribution in [1.29, 1.82) is 0 Å². The highest BCUT2D eigenvalue weighted by atomic mass is 16.6. The van der Waals surface area contributed by atoms with Crippen LogP contribution in [0.3, 0.4) is 0 Å². The number of nitrogens with one attached hydrogen (secondary N) is 1. The number of hydrogen-bond donors (Lipinski definition) is 1. The minimum absolute atomic E-state index is 0.215. The number of carbonyl (C=O) groups is 1. The molecule has 1 aliphatic heterocycles. The number of amides is 1. The molecule has 2 rings (SSSR count). The molecule has 1 N–H and O–H groups in total. The minimum atomic E-state index is -0.457. The molecule has 1 atom stereocenters. The quantitative estimate of drug-likeness (QED) is 0.926. The maximum absolute atomic E-state index is 12.0. The first-order valence-corrected chi connectivity index (χ1v) is 7.70. The van der Waals surface area contributed by atoms with Crippen molar-refractivity contribution < 1.29 is 14.3 Å². The van der Waals surface area contributed by atoms with Crippen molar-refractivity contribution >= 4 is 11.8 Å². The second-order valence-corrected chi connectivity index (χ2v) is 6.37. The van der Waals surface area contributed by atoms with Gasteiger partial charge in [0.1, 0.15) is 5.60 Å². The molecule has 0 spiro atoms. The van der Waals surface area contributed by atoms with Gasteiger partial charge in [0, 0.05) is 25.2 Å². The number of ether oxygens (including phenoxy) is 2. The summed E-state index contributed by atoms with van der Waals surface area (Å²) in [6, 6.07) is 3.99. The fraction of sp³-hybridized carbons (Fsp3) is 0.625. The Morgan fingerprint density at radius 3 is 2.82 bits per heavy atom. The molecule has 6 nitrogen and oxygen atoms in total. The number of anilines is 1. The van der Waals surface area contributed by atoms with Crippen molar-refractivity contribution in [2.45, 2.75) is 45.8 Å². The summed E-state index contributed by atoms with van der Waals surface area (Å²) in [7, 11) is 0. The van der Waals surface area contributed by atoms with E-state index in [2.05, 4.69) is 10.3 Å². The Morgan fingerprint density at radius 1 is 1.45 bits per heavy atom. The summed E-state index contributed by atoms with van der Waals surface area (Å²) in [6.45, 7) is 9.51. The molecule has 0 saturated carbocycles. The van der Waals surface area contributed by atoms with E-state index in [1.54, 1.807) is 11.1 Å². The number of nitrogens with zero attached hydrogens (tertiary/aromatic N) is 2. The molecule has 0 radical (unpaired) electrons. The largest absolute Gasteiger partial charge is 0.478 e. The van der Waals surface area contributed by atoms with Crippen LogP contribution in [0.15, 0.2) is 18.3 Å². The van der Waals surface area contributed by atoms with Crippen molar-refractivity contribution in [2.75, 3.05) is 25.0 Å². The van der Waals surface area contributed by atoms with E-state index >= 15 is 0 Å². The Labute approximate surface area is 131 Å². The zero-order chi connectivity index (χ0) is 16.2. The van der Waals surface area contributed by atoms with Crippen LogP contribution in [0.4, 0.5) is 10.5 Å². The number of aromatic nitrogens is 1. The molecule has 1 aliphatic rings. The number of rotatable bonds is 4. The summed E-state index contributed by atoms with van der Waals surface area (Å²) < 4.78 is 10.7. The van der Waals surface area contributed by atoms with Crippen LogP contribution in [-0.4, -0.2) is 47.3 Å². The Hall–Kier alpha value is -1.98. The molecule has 0 bridgehead atoms. The molecule has 122 valence electrons. The van der Waals surface area contributed by atoms with Gasteiger partial charge in [0.05, 0.1) is 18.5 Å². The molecule has 1 unspecified atom stereocenters. The molecule has 0 aromatic carbocycles. The van der Waals surface area contributed by atoms with E-state index in [1.807, 2.05) is 39.8 Å². The van der Waals surface area contributed by atoms with E-state index in [1.165, 1.54) is 0 Å². The van der Waals surface area contributed by atoms with Gasteiger partial charge < -0.3 is 19.7 Å².